The highest BCUT2D eigenvalue weighted by molar-refractivity contribution is 5.86. The van der Waals surface area contributed by atoms with E-state index in [4.69, 9.17) is 0 Å². The molecule has 2 nitrogen and oxygen atoms in total. The summed E-state index contributed by atoms with van der Waals surface area (Å²) in [5.41, 5.74) is 5.56. The third-order valence-electron chi connectivity index (χ3n) is 3.41. The monoisotopic (exact) mass is 230 g/mol. The molecule has 0 bridgehead atoms. The summed E-state index contributed by atoms with van der Waals surface area (Å²) in [6.07, 6.45) is 0. The molecule has 0 unspecified atom stereocenters. The summed E-state index contributed by atoms with van der Waals surface area (Å²) in [6, 6.07) is 6.73. The van der Waals surface area contributed by atoms with Gasteiger partial charge in [0.05, 0.1) is 0 Å². The molecule has 1 aromatic carbocycles. The molecule has 1 N–H and O–H groups in total. The average Bonchev–Trinajstić information content (AvgIpc) is 2.53. The molecule has 0 spiro atoms. The van der Waals surface area contributed by atoms with E-state index in [1.807, 2.05) is 7.05 Å². The zero-order valence-corrected chi connectivity index (χ0v) is 11.5. The van der Waals surface area contributed by atoms with Crippen LogP contribution in [0.25, 0.3) is 10.9 Å². The number of fused-ring (bicyclic) bond motifs is 1. The standard InChI is InChI=1S/C15H22N2/c1-10(2)15-13(9-16-4)12-7-6-11(3)8-14(12)17(15)5/h6-8,10,16H,9H2,1-5H3. The van der Waals surface area contributed by atoms with Gasteiger partial charge in [-0.3, -0.25) is 0 Å². The van der Waals surface area contributed by atoms with E-state index in [2.05, 4.69) is 55.9 Å². The van der Waals surface area contributed by atoms with Crippen LogP contribution in [-0.2, 0) is 13.6 Å². The molecule has 0 atom stereocenters. The van der Waals surface area contributed by atoms with Gasteiger partial charge in [0.2, 0.25) is 0 Å². The van der Waals surface area contributed by atoms with Gasteiger partial charge < -0.3 is 9.88 Å². The second-order valence-corrected chi connectivity index (χ2v) is 5.13. The van der Waals surface area contributed by atoms with E-state index >= 15 is 0 Å². The van der Waals surface area contributed by atoms with Gasteiger partial charge in [0.25, 0.3) is 0 Å². The number of rotatable bonds is 3. The van der Waals surface area contributed by atoms with E-state index in [9.17, 15) is 0 Å². The maximum absolute atomic E-state index is 3.29. The summed E-state index contributed by atoms with van der Waals surface area (Å²) in [5, 5.41) is 4.67. The Bertz CT molecular complexity index is 535. The molecular weight excluding hydrogens is 208 g/mol. The summed E-state index contributed by atoms with van der Waals surface area (Å²) in [7, 11) is 4.19. The van der Waals surface area contributed by atoms with Crippen molar-refractivity contribution in [3.05, 3.63) is 35.0 Å². The molecule has 2 rings (SSSR count). The van der Waals surface area contributed by atoms with Crippen LogP contribution in [0.3, 0.4) is 0 Å². The Kier molecular flexibility index (Phi) is 3.25. The highest BCUT2D eigenvalue weighted by atomic mass is 15.0. The predicted octanol–water partition coefficient (Wildman–Crippen LogP) is 3.33. The van der Waals surface area contributed by atoms with Gasteiger partial charge in [0.1, 0.15) is 0 Å². The van der Waals surface area contributed by atoms with Crippen LogP contribution in [0.1, 0.15) is 36.6 Å². The molecule has 0 aliphatic carbocycles. The van der Waals surface area contributed by atoms with Crippen LogP contribution in [0.15, 0.2) is 18.2 Å². The topological polar surface area (TPSA) is 17.0 Å². The van der Waals surface area contributed by atoms with Gasteiger partial charge in [-0.15, -0.1) is 0 Å². The fourth-order valence-electron chi connectivity index (χ4n) is 2.74. The van der Waals surface area contributed by atoms with Gasteiger partial charge in [-0.1, -0.05) is 26.0 Å². The minimum Gasteiger partial charge on any atom is -0.347 e. The van der Waals surface area contributed by atoms with Crippen molar-refractivity contribution >= 4 is 10.9 Å². The lowest BCUT2D eigenvalue weighted by molar-refractivity contribution is 0.719. The molecule has 0 aliphatic rings. The van der Waals surface area contributed by atoms with Crippen LogP contribution in [0.2, 0.25) is 0 Å². The van der Waals surface area contributed by atoms with Gasteiger partial charge in [-0.05, 0) is 37.1 Å². The largest absolute Gasteiger partial charge is 0.347 e. The van der Waals surface area contributed by atoms with Crippen LogP contribution >= 0.6 is 0 Å². The van der Waals surface area contributed by atoms with E-state index < -0.39 is 0 Å². The van der Waals surface area contributed by atoms with E-state index in [0.29, 0.717) is 5.92 Å². The lowest BCUT2D eigenvalue weighted by atomic mass is 10.0. The summed E-state index contributed by atoms with van der Waals surface area (Å²) in [4.78, 5) is 0. The first-order valence-electron chi connectivity index (χ1n) is 6.28. The van der Waals surface area contributed by atoms with Gasteiger partial charge in [0.15, 0.2) is 0 Å². The summed E-state index contributed by atoms with van der Waals surface area (Å²) >= 11 is 0. The number of benzene rings is 1. The lowest BCUT2D eigenvalue weighted by Crippen LogP contribution is -2.09. The van der Waals surface area contributed by atoms with Crippen molar-refractivity contribution in [2.45, 2.75) is 33.2 Å². The van der Waals surface area contributed by atoms with Gasteiger partial charge >= 0.3 is 0 Å². The quantitative estimate of drug-likeness (QED) is 0.856. The van der Waals surface area contributed by atoms with E-state index in [0.717, 1.165) is 6.54 Å². The molecule has 2 aromatic rings. The Morgan fingerprint density at radius 1 is 1.29 bits per heavy atom. The molecule has 1 heterocycles. The fraction of sp³-hybridized carbons (Fsp3) is 0.467. The molecule has 17 heavy (non-hydrogen) atoms. The van der Waals surface area contributed by atoms with Crippen molar-refractivity contribution in [3.8, 4) is 0 Å². The molecule has 92 valence electrons. The molecule has 1 aromatic heterocycles. The summed E-state index contributed by atoms with van der Waals surface area (Å²) in [5.74, 6) is 0.552. The molecule has 0 amide bonds. The van der Waals surface area contributed by atoms with E-state index in [1.54, 1.807) is 0 Å². The smallest absolute Gasteiger partial charge is 0.0486 e. The molecular formula is C15H22N2. The number of hydrogen-bond donors (Lipinski definition) is 1. The second kappa shape index (κ2) is 4.53. The van der Waals surface area contributed by atoms with Crippen molar-refractivity contribution in [2.24, 2.45) is 7.05 Å². The molecule has 0 saturated heterocycles. The number of nitrogens with one attached hydrogen (secondary N) is 1. The van der Waals surface area contributed by atoms with Gasteiger partial charge in [-0.2, -0.15) is 0 Å². The first-order chi connectivity index (χ1) is 8.06. The van der Waals surface area contributed by atoms with E-state index in [-0.39, 0.29) is 0 Å². The number of hydrogen-bond acceptors (Lipinski definition) is 1. The maximum atomic E-state index is 3.29. The second-order valence-electron chi connectivity index (χ2n) is 5.13. The summed E-state index contributed by atoms with van der Waals surface area (Å²) < 4.78 is 2.35. The Morgan fingerprint density at radius 3 is 2.59 bits per heavy atom. The third kappa shape index (κ3) is 1.98. The van der Waals surface area contributed by atoms with Gasteiger partial charge in [-0.25, -0.2) is 0 Å². The SMILES string of the molecule is CNCc1c(C(C)C)n(C)c2cc(C)ccc12. The van der Waals surface area contributed by atoms with Crippen LogP contribution in [0.5, 0.6) is 0 Å². The molecule has 0 aliphatic heterocycles. The van der Waals surface area contributed by atoms with E-state index in [1.165, 1.54) is 27.7 Å². The van der Waals surface area contributed by atoms with Crippen molar-refractivity contribution < 1.29 is 0 Å². The Balaban J connectivity index is 2.77. The lowest BCUT2D eigenvalue weighted by Gasteiger charge is -2.11. The highest BCUT2D eigenvalue weighted by Gasteiger charge is 2.16. The normalized spacial score (nSPS) is 11.6. The zero-order valence-electron chi connectivity index (χ0n) is 11.5. The van der Waals surface area contributed by atoms with Crippen LogP contribution in [0.4, 0.5) is 0 Å². The molecule has 0 fully saturated rings. The average molecular weight is 230 g/mol. The number of nitrogens with zero attached hydrogens (tertiary/aromatic N) is 1. The fourth-order valence-corrected chi connectivity index (χ4v) is 2.74. The minimum atomic E-state index is 0.552. The van der Waals surface area contributed by atoms with Crippen LogP contribution in [-0.4, -0.2) is 11.6 Å². The van der Waals surface area contributed by atoms with Gasteiger partial charge in [0, 0.05) is 30.2 Å². The zero-order chi connectivity index (χ0) is 12.6. The summed E-state index contributed by atoms with van der Waals surface area (Å²) in [6.45, 7) is 7.62. The Hall–Kier alpha value is -1.28. The van der Waals surface area contributed by atoms with Crippen LogP contribution in [0, 0.1) is 6.92 Å². The predicted molar refractivity (Wildman–Crippen MR) is 74.5 cm³/mol. The van der Waals surface area contributed by atoms with Crippen molar-refractivity contribution in [1.29, 1.82) is 0 Å². The first-order valence-corrected chi connectivity index (χ1v) is 6.28. The minimum absolute atomic E-state index is 0.552. The Morgan fingerprint density at radius 2 is 2.00 bits per heavy atom. The molecule has 0 radical (unpaired) electrons. The molecule has 2 heteroatoms. The first kappa shape index (κ1) is 12.2. The van der Waals surface area contributed by atoms with Crippen molar-refractivity contribution in [2.75, 3.05) is 7.05 Å². The third-order valence-corrected chi connectivity index (χ3v) is 3.41. The van der Waals surface area contributed by atoms with Crippen LogP contribution < -0.4 is 5.32 Å². The Labute approximate surface area is 104 Å². The van der Waals surface area contributed by atoms with Crippen molar-refractivity contribution in [3.63, 3.8) is 0 Å². The number of aryl methyl sites for hydroxylation is 2. The number of aromatic nitrogens is 1. The van der Waals surface area contributed by atoms with Crippen molar-refractivity contribution in [1.82, 2.24) is 9.88 Å². The molecule has 0 saturated carbocycles. The maximum Gasteiger partial charge on any atom is 0.0486 e. The highest BCUT2D eigenvalue weighted by Crippen LogP contribution is 2.30.